The van der Waals surface area contributed by atoms with Crippen LogP contribution in [0.3, 0.4) is 0 Å². The number of aromatic hydroxyl groups is 1. The lowest BCUT2D eigenvalue weighted by atomic mass is 10.1. The summed E-state index contributed by atoms with van der Waals surface area (Å²) in [6.45, 7) is 3.85. The van der Waals surface area contributed by atoms with E-state index in [9.17, 15) is 5.11 Å². The molecule has 0 aliphatic carbocycles. The molecular weight excluding hydrogens is 320 g/mol. The summed E-state index contributed by atoms with van der Waals surface area (Å²) in [4.78, 5) is 0. The van der Waals surface area contributed by atoms with E-state index in [0.717, 1.165) is 15.6 Å². The van der Waals surface area contributed by atoms with Gasteiger partial charge in [0.15, 0.2) is 10.9 Å². The van der Waals surface area contributed by atoms with E-state index >= 15 is 0 Å². The topological polar surface area (TPSA) is 55.2 Å². The van der Waals surface area contributed by atoms with Gasteiger partial charge in [-0.25, -0.2) is 0 Å². The van der Waals surface area contributed by atoms with E-state index in [-0.39, 0.29) is 16.8 Å². The Morgan fingerprint density at radius 1 is 1.22 bits per heavy atom. The molecule has 1 aromatic heterocycles. The molecule has 18 heavy (non-hydrogen) atoms. The molecule has 1 heterocycles. The highest BCUT2D eigenvalue weighted by Crippen LogP contribution is 2.37. The summed E-state index contributed by atoms with van der Waals surface area (Å²) >= 11 is 9.06. The summed E-state index contributed by atoms with van der Waals surface area (Å²) in [6, 6.07) is 5.18. The predicted octanol–water partition coefficient (Wildman–Crippen LogP) is 4.01. The number of aromatic nitrogens is 2. The van der Waals surface area contributed by atoms with Crippen molar-refractivity contribution in [3.63, 3.8) is 0 Å². The Bertz CT molecular complexity index is 605. The minimum absolute atomic E-state index is 0.0220. The van der Waals surface area contributed by atoms with Gasteiger partial charge in [0.1, 0.15) is 5.75 Å². The molecule has 0 fully saturated rings. The van der Waals surface area contributed by atoms with E-state index < -0.39 is 0 Å². The number of benzene rings is 1. The summed E-state index contributed by atoms with van der Waals surface area (Å²) in [5.74, 6) is 0.471. The monoisotopic (exact) mass is 328 g/mol. The highest BCUT2D eigenvalue weighted by Gasteiger charge is 2.13. The molecule has 0 radical (unpaired) electrons. The van der Waals surface area contributed by atoms with E-state index in [1.54, 1.807) is 0 Å². The molecule has 0 spiro atoms. The SMILES string of the molecule is Cc1ccc(C)c(Oc2nnc(Cl)cc2O)c1Br. The number of hydrogen-bond donors (Lipinski definition) is 1. The zero-order chi connectivity index (χ0) is 13.3. The number of hydrogen-bond acceptors (Lipinski definition) is 4. The zero-order valence-electron chi connectivity index (χ0n) is 9.74. The second-order valence-corrected chi connectivity index (χ2v) is 4.98. The molecule has 0 aliphatic heterocycles. The number of rotatable bonds is 2. The van der Waals surface area contributed by atoms with Crippen molar-refractivity contribution in [2.75, 3.05) is 0 Å². The lowest BCUT2D eigenvalue weighted by molar-refractivity contribution is 0.389. The van der Waals surface area contributed by atoms with E-state index in [1.165, 1.54) is 6.07 Å². The average Bonchev–Trinajstić information content (AvgIpc) is 2.32. The molecule has 0 saturated carbocycles. The Balaban J connectivity index is 2.43. The van der Waals surface area contributed by atoms with Gasteiger partial charge in [0.25, 0.3) is 5.88 Å². The minimum atomic E-state index is -0.150. The van der Waals surface area contributed by atoms with Crippen LogP contribution in [0, 0.1) is 13.8 Å². The Hall–Kier alpha value is -1.33. The van der Waals surface area contributed by atoms with E-state index in [1.807, 2.05) is 26.0 Å². The lowest BCUT2D eigenvalue weighted by Crippen LogP contribution is -1.95. The van der Waals surface area contributed by atoms with Crippen molar-refractivity contribution < 1.29 is 9.84 Å². The van der Waals surface area contributed by atoms with Crippen LogP contribution in [0.15, 0.2) is 22.7 Å². The van der Waals surface area contributed by atoms with Crippen molar-refractivity contribution >= 4 is 27.5 Å². The molecular formula is C12H10BrClN2O2. The second kappa shape index (κ2) is 5.12. The molecule has 0 bridgehead atoms. The first kappa shape index (κ1) is 13.1. The molecule has 0 amide bonds. The zero-order valence-corrected chi connectivity index (χ0v) is 12.1. The fourth-order valence-electron chi connectivity index (χ4n) is 1.39. The van der Waals surface area contributed by atoms with E-state index in [2.05, 4.69) is 26.1 Å². The van der Waals surface area contributed by atoms with Gasteiger partial charge >= 0.3 is 0 Å². The molecule has 2 rings (SSSR count). The Morgan fingerprint density at radius 2 is 1.89 bits per heavy atom. The first-order valence-electron chi connectivity index (χ1n) is 5.15. The normalized spacial score (nSPS) is 10.4. The van der Waals surface area contributed by atoms with Gasteiger partial charge in [-0.15, -0.1) is 10.2 Å². The Morgan fingerprint density at radius 3 is 2.56 bits per heavy atom. The summed E-state index contributed by atoms with van der Waals surface area (Å²) in [5, 5.41) is 17.1. The van der Waals surface area contributed by atoms with Crippen LogP contribution in [0.5, 0.6) is 17.4 Å². The predicted molar refractivity (Wildman–Crippen MR) is 72.4 cm³/mol. The summed E-state index contributed by atoms with van der Waals surface area (Å²) in [5.41, 5.74) is 1.95. The molecule has 6 heteroatoms. The number of ether oxygens (including phenoxy) is 1. The third-order valence-electron chi connectivity index (χ3n) is 2.40. The van der Waals surface area contributed by atoms with Gasteiger partial charge in [-0.1, -0.05) is 23.7 Å². The van der Waals surface area contributed by atoms with Crippen LogP contribution in [0.25, 0.3) is 0 Å². The molecule has 4 nitrogen and oxygen atoms in total. The summed E-state index contributed by atoms with van der Waals surface area (Å²) < 4.78 is 6.40. The van der Waals surface area contributed by atoms with Crippen molar-refractivity contribution in [2.24, 2.45) is 0 Å². The third-order valence-corrected chi connectivity index (χ3v) is 3.57. The Kier molecular flexibility index (Phi) is 3.73. The molecule has 2 aromatic rings. The summed E-state index contributed by atoms with van der Waals surface area (Å²) in [7, 11) is 0. The minimum Gasteiger partial charge on any atom is -0.503 e. The van der Waals surface area contributed by atoms with Gasteiger partial charge < -0.3 is 9.84 Å². The largest absolute Gasteiger partial charge is 0.503 e. The highest BCUT2D eigenvalue weighted by molar-refractivity contribution is 9.10. The lowest BCUT2D eigenvalue weighted by Gasteiger charge is -2.12. The van der Waals surface area contributed by atoms with Crippen molar-refractivity contribution in [3.8, 4) is 17.4 Å². The van der Waals surface area contributed by atoms with Gasteiger partial charge in [0, 0.05) is 6.07 Å². The Labute approximate surface area is 118 Å². The maximum Gasteiger partial charge on any atom is 0.281 e. The molecule has 0 aliphatic rings. The quantitative estimate of drug-likeness (QED) is 0.904. The van der Waals surface area contributed by atoms with Gasteiger partial charge in [-0.05, 0) is 40.9 Å². The molecule has 0 saturated heterocycles. The third kappa shape index (κ3) is 2.57. The number of halogens is 2. The van der Waals surface area contributed by atoms with Crippen LogP contribution in [-0.4, -0.2) is 15.3 Å². The van der Waals surface area contributed by atoms with Crippen LogP contribution in [-0.2, 0) is 0 Å². The molecule has 94 valence electrons. The van der Waals surface area contributed by atoms with Crippen molar-refractivity contribution in [2.45, 2.75) is 13.8 Å². The molecule has 0 unspecified atom stereocenters. The van der Waals surface area contributed by atoms with Crippen molar-refractivity contribution in [1.29, 1.82) is 0 Å². The maximum atomic E-state index is 9.68. The number of nitrogens with zero attached hydrogens (tertiary/aromatic N) is 2. The molecule has 0 atom stereocenters. The van der Waals surface area contributed by atoms with Crippen LogP contribution < -0.4 is 4.74 Å². The standard InChI is InChI=1S/C12H10BrClN2O2/c1-6-3-4-7(2)11(10(6)13)18-12-8(17)5-9(14)15-16-12/h3-5H,1-2H3,(H,15,17). The molecule has 1 aromatic carbocycles. The molecule has 1 N–H and O–H groups in total. The fraction of sp³-hybridized carbons (Fsp3) is 0.167. The van der Waals surface area contributed by atoms with Gasteiger partial charge in [-0.2, -0.15) is 0 Å². The second-order valence-electron chi connectivity index (χ2n) is 3.80. The van der Waals surface area contributed by atoms with Crippen molar-refractivity contribution in [1.82, 2.24) is 10.2 Å². The van der Waals surface area contributed by atoms with Crippen molar-refractivity contribution in [3.05, 3.63) is 39.0 Å². The highest BCUT2D eigenvalue weighted by atomic mass is 79.9. The van der Waals surface area contributed by atoms with E-state index in [0.29, 0.717) is 5.75 Å². The van der Waals surface area contributed by atoms with Gasteiger partial charge in [0.2, 0.25) is 0 Å². The van der Waals surface area contributed by atoms with Crippen LogP contribution >= 0.6 is 27.5 Å². The van der Waals surface area contributed by atoms with Crippen LogP contribution in [0.1, 0.15) is 11.1 Å². The smallest absolute Gasteiger partial charge is 0.281 e. The van der Waals surface area contributed by atoms with Crippen LogP contribution in [0.2, 0.25) is 5.15 Å². The summed E-state index contributed by atoms with van der Waals surface area (Å²) in [6.07, 6.45) is 0. The first-order chi connectivity index (χ1) is 8.49. The van der Waals surface area contributed by atoms with Crippen LogP contribution in [0.4, 0.5) is 0 Å². The maximum absolute atomic E-state index is 9.68. The van der Waals surface area contributed by atoms with Gasteiger partial charge in [-0.3, -0.25) is 0 Å². The first-order valence-corrected chi connectivity index (χ1v) is 6.32. The number of aryl methyl sites for hydroxylation is 2. The fourth-order valence-corrected chi connectivity index (χ4v) is 2.06. The average molecular weight is 330 g/mol. The van der Waals surface area contributed by atoms with E-state index in [4.69, 9.17) is 16.3 Å². The van der Waals surface area contributed by atoms with Gasteiger partial charge in [0.05, 0.1) is 4.47 Å².